The van der Waals surface area contributed by atoms with E-state index in [1.54, 1.807) is 0 Å². The van der Waals surface area contributed by atoms with E-state index in [2.05, 4.69) is 23.0 Å². The van der Waals surface area contributed by atoms with Crippen LogP contribution >= 0.6 is 0 Å². The number of hydrogen-bond acceptors (Lipinski definition) is 3. The number of carbonyl (C=O) groups is 1. The molecule has 0 atom stereocenters. The van der Waals surface area contributed by atoms with Crippen molar-refractivity contribution in [1.29, 1.82) is 0 Å². The molecule has 0 saturated heterocycles. The molecule has 1 N–H and O–H groups in total. The van der Waals surface area contributed by atoms with Gasteiger partial charge in [-0.15, -0.1) is 0 Å². The lowest BCUT2D eigenvalue weighted by molar-refractivity contribution is -0.149. The van der Waals surface area contributed by atoms with E-state index in [4.69, 9.17) is 4.74 Å². The molecule has 0 aromatic carbocycles. The first kappa shape index (κ1) is 14.1. The summed E-state index contributed by atoms with van der Waals surface area (Å²) in [6.07, 6.45) is 6.04. The predicted molar refractivity (Wildman–Crippen MR) is 74.6 cm³/mol. The first-order valence-corrected chi connectivity index (χ1v) is 7.19. The summed E-state index contributed by atoms with van der Waals surface area (Å²) >= 11 is 0. The summed E-state index contributed by atoms with van der Waals surface area (Å²) in [5.41, 5.74) is 1.25. The Bertz CT molecular complexity index is 381. The Labute approximate surface area is 115 Å². The molecule has 1 heterocycles. The minimum Gasteiger partial charge on any atom is -0.466 e. The maximum atomic E-state index is 11.7. The van der Waals surface area contributed by atoms with E-state index >= 15 is 0 Å². The van der Waals surface area contributed by atoms with Gasteiger partial charge in [0.15, 0.2) is 0 Å². The molecule has 0 amide bonds. The zero-order valence-corrected chi connectivity index (χ0v) is 11.9. The number of aromatic nitrogens is 1. The highest BCUT2D eigenvalue weighted by atomic mass is 16.5. The third kappa shape index (κ3) is 3.83. The standard InChI is InChI=1S/C15H24N2O2/c1-3-19-15(18)12-6-8-14(9-7-12)17(2)11-13-5-4-10-16-13/h4-5,10,12,14,16H,3,6-9,11H2,1-2H3. The molecule has 1 aliphatic carbocycles. The Morgan fingerprint density at radius 2 is 2.16 bits per heavy atom. The minimum atomic E-state index is -0.00651. The van der Waals surface area contributed by atoms with Gasteiger partial charge in [0.2, 0.25) is 0 Å². The van der Waals surface area contributed by atoms with Gasteiger partial charge in [-0.1, -0.05) is 0 Å². The van der Waals surface area contributed by atoms with Crippen molar-refractivity contribution in [1.82, 2.24) is 9.88 Å². The van der Waals surface area contributed by atoms with Crippen LogP contribution in [-0.4, -0.2) is 35.5 Å². The predicted octanol–water partition coefficient (Wildman–Crippen LogP) is 2.57. The zero-order chi connectivity index (χ0) is 13.7. The van der Waals surface area contributed by atoms with Crippen molar-refractivity contribution in [2.24, 2.45) is 5.92 Å². The molecule has 19 heavy (non-hydrogen) atoms. The van der Waals surface area contributed by atoms with E-state index in [-0.39, 0.29) is 11.9 Å². The minimum absolute atomic E-state index is 0.00651. The van der Waals surface area contributed by atoms with Gasteiger partial charge in [-0.05, 0) is 51.8 Å². The molecule has 1 aliphatic rings. The summed E-state index contributed by atoms with van der Waals surface area (Å²) in [7, 11) is 2.16. The first-order chi connectivity index (χ1) is 9.20. The van der Waals surface area contributed by atoms with Crippen molar-refractivity contribution in [3.05, 3.63) is 24.0 Å². The average molecular weight is 264 g/mol. The maximum absolute atomic E-state index is 11.7. The highest BCUT2D eigenvalue weighted by Gasteiger charge is 2.28. The van der Waals surface area contributed by atoms with Crippen molar-refractivity contribution in [3.63, 3.8) is 0 Å². The Kier molecular flexibility index (Phi) is 5.02. The molecule has 0 radical (unpaired) electrons. The van der Waals surface area contributed by atoms with E-state index in [1.165, 1.54) is 5.69 Å². The number of hydrogen-bond donors (Lipinski definition) is 1. The number of rotatable bonds is 5. The van der Waals surface area contributed by atoms with Crippen molar-refractivity contribution in [2.75, 3.05) is 13.7 Å². The molecule has 4 nitrogen and oxygen atoms in total. The number of nitrogens with zero attached hydrogens (tertiary/aromatic N) is 1. The fourth-order valence-electron chi connectivity index (χ4n) is 2.88. The molecular formula is C15H24N2O2. The summed E-state index contributed by atoms with van der Waals surface area (Å²) in [6.45, 7) is 3.31. The van der Waals surface area contributed by atoms with E-state index in [0.717, 1.165) is 32.2 Å². The van der Waals surface area contributed by atoms with Crippen LogP contribution in [0, 0.1) is 5.92 Å². The van der Waals surface area contributed by atoms with Crippen LogP contribution in [0.1, 0.15) is 38.3 Å². The molecule has 0 bridgehead atoms. The van der Waals surface area contributed by atoms with Gasteiger partial charge in [-0.2, -0.15) is 0 Å². The van der Waals surface area contributed by atoms with Crippen LogP contribution in [0.3, 0.4) is 0 Å². The molecule has 2 rings (SSSR count). The van der Waals surface area contributed by atoms with Crippen molar-refractivity contribution in [2.45, 2.75) is 45.2 Å². The van der Waals surface area contributed by atoms with Crippen molar-refractivity contribution < 1.29 is 9.53 Å². The number of ether oxygens (including phenoxy) is 1. The molecule has 1 saturated carbocycles. The number of carbonyl (C=O) groups excluding carboxylic acids is 1. The van der Waals surface area contributed by atoms with Gasteiger partial charge in [-0.3, -0.25) is 9.69 Å². The summed E-state index contributed by atoms with van der Waals surface area (Å²) in [6, 6.07) is 4.72. The highest BCUT2D eigenvalue weighted by molar-refractivity contribution is 5.72. The quantitative estimate of drug-likeness (QED) is 0.831. The van der Waals surface area contributed by atoms with Crippen LogP contribution < -0.4 is 0 Å². The molecule has 1 aromatic rings. The van der Waals surface area contributed by atoms with E-state index in [1.807, 2.05) is 19.2 Å². The lowest BCUT2D eigenvalue weighted by Crippen LogP contribution is -2.36. The molecule has 106 valence electrons. The summed E-state index contributed by atoms with van der Waals surface area (Å²) in [5, 5.41) is 0. The zero-order valence-electron chi connectivity index (χ0n) is 11.9. The molecule has 1 aromatic heterocycles. The summed E-state index contributed by atoms with van der Waals surface area (Å²) in [4.78, 5) is 17.3. The van der Waals surface area contributed by atoms with Crippen LogP contribution in [0.5, 0.6) is 0 Å². The second kappa shape index (κ2) is 6.75. The Hall–Kier alpha value is -1.29. The van der Waals surface area contributed by atoms with Gasteiger partial charge in [0.05, 0.1) is 12.5 Å². The van der Waals surface area contributed by atoms with Crippen LogP contribution in [-0.2, 0) is 16.1 Å². The van der Waals surface area contributed by atoms with Gasteiger partial charge in [-0.25, -0.2) is 0 Å². The number of H-pyrrole nitrogens is 1. The summed E-state index contributed by atoms with van der Waals surface area (Å²) in [5.74, 6) is 0.114. The van der Waals surface area contributed by atoms with Crippen LogP contribution in [0.15, 0.2) is 18.3 Å². The highest BCUT2D eigenvalue weighted by Crippen LogP contribution is 2.28. The number of nitrogens with one attached hydrogen (secondary N) is 1. The molecule has 0 spiro atoms. The Balaban J connectivity index is 1.77. The lowest BCUT2D eigenvalue weighted by Gasteiger charge is -2.33. The first-order valence-electron chi connectivity index (χ1n) is 7.19. The molecule has 0 aliphatic heterocycles. The maximum Gasteiger partial charge on any atom is 0.308 e. The van der Waals surface area contributed by atoms with Gasteiger partial charge in [0.1, 0.15) is 0 Å². The van der Waals surface area contributed by atoms with Gasteiger partial charge >= 0.3 is 5.97 Å². The van der Waals surface area contributed by atoms with Crippen LogP contribution in [0.2, 0.25) is 0 Å². The Morgan fingerprint density at radius 1 is 1.42 bits per heavy atom. The van der Waals surface area contributed by atoms with Crippen LogP contribution in [0.25, 0.3) is 0 Å². The molecule has 4 heteroatoms. The second-order valence-electron chi connectivity index (χ2n) is 5.37. The van der Waals surface area contributed by atoms with Gasteiger partial charge in [0, 0.05) is 24.5 Å². The largest absolute Gasteiger partial charge is 0.466 e. The normalized spacial score (nSPS) is 23.5. The number of esters is 1. The smallest absolute Gasteiger partial charge is 0.308 e. The third-order valence-electron chi connectivity index (χ3n) is 4.02. The van der Waals surface area contributed by atoms with Crippen molar-refractivity contribution >= 4 is 5.97 Å². The van der Waals surface area contributed by atoms with Gasteiger partial charge < -0.3 is 9.72 Å². The van der Waals surface area contributed by atoms with E-state index < -0.39 is 0 Å². The fourth-order valence-corrected chi connectivity index (χ4v) is 2.88. The van der Waals surface area contributed by atoms with Gasteiger partial charge in [0.25, 0.3) is 0 Å². The van der Waals surface area contributed by atoms with E-state index in [0.29, 0.717) is 12.6 Å². The third-order valence-corrected chi connectivity index (χ3v) is 4.02. The average Bonchev–Trinajstić information content (AvgIpc) is 2.92. The molecular weight excluding hydrogens is 240 g/mol. The SMILES string of the molecule is CCOC(=O)C1CCC(N(C)Cc2ccc[nH]2)CC1. The summed E-state index contributed by atoms with van der Waals surface area (Å²) < 4.78 is 5.10. The second-order valence-corrected chi connectivity index (χ2v) is 5.37. The fraction of sp³-hybridized carbons (Fsp3) is 0.667. The Morgan fingerprint density at radius 3 is 2.74 bits per heavy atom. The molecule has 0 unspecified atom stereocenters. The van der Waals surface area contributed by atoms with Crippen LogP contribution in [0.4, 0.5) is 0 Å². The number of aromatic amines is 1. The van der Waals surface area contributed by atoms with E-state index in [9.17, 15) is 4.79 Å². The lowest BCUT2D eigenvalue weighted by atomic mass is 9.85. The molecule has 1 fully saturated rings. The monoisotopic (exact) mass is 264 g/mol. The van der Waals surface area contributed by atoms with Crippen molar-refractivity contribution in [3.8, 4) is 0 Å². The topological polar surface area (TPSA) is 45.3 Å².